The second-order valence-corrected chi connectivity index (χ2v) is 4.96. The second-order valence-electron chi connectivity index (χ2n) is 4.96. The highest BCUT2D eigenvalue weighted by atomic mass is 16.3. The summed E-state index contributed by atoms with van der Waals surface area (Å²) in [5, 5.41) is 10.0. The summed E-state index contributed by atoms with van der Waals surface area (Å²) in [4.78, 5) is 15.5. The van der Waals surface area contributed by atoms with Crippen LogP contribution >= 0.6 is 0 Å². The van der Waals surface area contributed by atoms with E-state index in [0.717, 1.165) is 12.0 Å². The third-order valence-electron chi connectivity index (χ3n) is 3.42. The molecular formula is C14H20N2O2. The first-order chi connectivity index (χ1) is 8.59. The van der Waals surface area contributed by atoms with Crippen molar-refractivity contribution < 1.29 is 9.90 Å². The maximum Gasteiger partial charge on any atom is 0.239 e. The molecule has 1 aromatic carbocycles. The van der Waals surface area contributed by atoms with Gasteiger partial charge in [-0.3, -0.25) is 9.69 Å². The van der Waals surface area contributed by atoms with Crippen molar-refractivity contribution in [2.75, 3.05) is 14.1 Å². The van der Waals surface area contributed by atoms with Crippen LogP contribution in [0, 0.1) is 0 Å². The number of nitrogens with zero attached hydrogens (tertiary/aromatic N) is 2. The maximum absolute atomic E-state index is 12.1. The van der Waals surface area contributed by atoms with Crippen LogP contribution in [0.4, 0.5) is 0 Å². The zero-order valence-corrected chi connectivity index (χ0v) is 10.9. The van der Waals surface area contributed by atoms with Crippen LogP contribution < -0.4 is 0 Å². The molecule has 0 aromatic heterocycles. The zero-order chi connectivity index (χ0) is 13.1. The van der Waals surface area contributed by atoms with Crippen LogP contribution in [0.25, 0.3) is 0 Å². The summed E-state index contributed by atoms with van der Waals surface area (Å²) >= 11 is 0. The van der Waals surface area contributed by atoms with Crippen LogP contribution in [0.3, 0.4) is 0 Å². The van der Waals surface area contributed by atoms with Crippen molar-refractivity contribution in [1.82, 2.24) is 9.80 Å². The molecule has 4 nitrogen and oxygen atoms in total. The van der Waals surface area contributed by atoms with Gasteiger partial charge < -0.3 is 10.0 Å². The number of benzene rings is 1. The Morgan fingerprint density at radius 2 is 2.00 bits per heavy atom. The van der Waals surface area contributed by atoms with E-state index in [1.54, 1.807) is 19.0 Å². The highest BCUT2D eigenvalue weighted by Crippen LogP contribution is 2.25. The number of aliphatic hydroxyl groups excluding tert-OH is 1. The van der Waals surface area contributed by atoms with E-state index in [2.05, 4.69) is 0 Å². The van der Waals surface area contributed by atoms with E-state index in [4.69, 9.17) is 0 Å². The van der Waals surface area contributed by atoms with Gasteiger partial charge >= 0.3 is 0 Å². The lowest BCUT2D eigenvalue weighted by atomic mass is 10.1. The number of hydrogen-bond acceptors (Lipinski definition) is 3. The Kier molecular flexibility index (Phi) is 3.99. The van der Waals surface area contributed by atoms with Crippen LogP contribution in [0.15, 0.2) is 30.3 Å². The molecule has 98 valence electrons. The maximum atomic E-state index is 12.1. The summed E-state index contributed by atoms with van der Waals surface area (Å²) in [6.07, 6.45) is 0.876. The SMILES string of the molecule is CN(C)C(=O)[C@@H]1CCC(O)N1Cc1ccccc1. The first kappa shape index (κ1) is 13.1. The van der Waals surface area contributed by atoms with Crippen molar-refractivity contribution >= 4 is 5.91 Å². The third-order valence-corrected chi connectivity index (χ3v) is 3.42. The van der Waals surface area contributed by atoms with Crippen LogP contribution in [0.2, 0.25) is 0 Å². The molecular weight excluding hydrogens is 228 g/mol. The Morgan fingerprint density at radius 1 is 1.33 bits per heavy atom. The van der Waals surface area contributed by atoms with Crippen molar-refractivity contribution in [2.45, 2.75) is 31.7 Å². The van der Waals surface area contributed by atoms with Gasteiger partial charge in [-0.1, -0.05) is 30.3 Å². The molecule has 1 amide bonds. The van der Waals surface area contributed by atoms with Gasteiger partial charge in [0.2, 0.25) is 5.91 Å². The average molecular weight is 248 g/mol. The minimum Gasteiger partial charge on any atom is -0.378 e. The lowest BCUT2D eigenvalue weighted by Gasteiger charge is -2.28. The van der Waals surface area contributed by atoms with Crippen LogP contribution in [0.5, 0.6) is 0 Å². The van der Waals surface area contributed by atoms with Crippen LogP contribution in [0.1, 0.15) is 18.4 Å². The Hall–Kier alpha value is -1.39. The molecule has 1 aromatic rings. The standard InChI is InChI=1S/C14H20N2O2/c1-15(2)14(18)12-8-9-13(17)16(12)10-11-6-4-3-5-7-11/h3-7,12-13,17H,8-10H2,1-2H3/t12-,13?/m0/s1. The Balaban J connectivity index is 2.11. The molecule has 0 aliphatic carbocycles. The summed E-state index contributed by atoms with van der Waals surface area (Å²) in [5.74, 6) is 0.0717. The molecule has 2 atom stereocenters. The fourth-order valence-corrected chi connectivity index (χ4v) is 2.42. The molecule has 1 aliphatic rings. The number of rotatable bonds is 3. The summed E-state index contributed by atoms with van der Waals surface area (Å²) in [5.41, 5.74) is 1.12. The van der Waals surface area contributed by atoms with Crippen LogP contribution in [-0.4, -0.2) is 47.2 Å². The molecule has 0 spiro atoms. The van der Waals surface area contributed by atoms with E-state index in [1.165, 1.54) is 0 Å². The number of likely N-dealkylation sites (tertiary alicyclic amines) is 1. The molecule has 1 fully saturated rings. The fourth-order valence-electron chi connectivity index (χ4n) is 2.42. The predicted molar refractivity (Wildman–Crippen MR) is 69.7 cm³/mol. The molecule has 1 aliphatic heterocycles. The van der Waals surface area contributed by atoms with Gasteiger partial charge in [-0.05, 0) is 18.4 Å². The summed E-state index contributed by atoms with van der Waals surface area (Å²) in [6.45, 7) is 0.617. The zero-order valence-electron chi connectivity index (χ0n) is 10.9. The lowest BCUT2D eigenvalue weighted by Crippen LogP contribution is -2.45. The molecule has 0 saturated carbocycles. The highest BCUT2D eigenvalue weighted by molar-refractivity contribution is 5.81. The Morgan fingerprint density at radius 3 is 2.61 bits per heavy atom. The molecule has 2 rings (SSSR count). The van der Waals surface area contributed by atoms with Crippen molar-refractivity contribution in [2.24, 2.45) is 0 Å². The fraction of sp³-hybridized carbons (Fsp3) is 0.500. The van der Waals surface area contributed by atoms with Gasteiger partial charge in [0.1, 0.15) is 6.23 Å². The van der Waals surface area contributed by atoms with Crippen molar-refractivity contribution in [3.63, 3.8) is 0 Å². The highest BCUT2D eigenvalue weighted by Gasteiger charge is 2.37. The largest absolute Gasteiger partial charge is 0.378 e. The van der Waals surface area contributed by atoms with E-state index in [1.807, 2.05) is 35.2 Å². The van der Waals surface area contributed by atoms with Crippen molar-refractivity contribution in [3.8, 4) is 0 Å². The predicted octanol–water partition coefficient (Wildman–Crippen LogP) is 1.06. The topological polar surface area (TPSA) is 43.8 Å². The second kappa shape index (κ2) is 5.50. The molecule has 1 unspecified atom stereocenters. The van der Waals surface area contributed by atoms with Gasteiger partial charge in [0.25, 0.3) is 0 Å². The monoisotopic (exact) mass is 248 g/mol. The van der Waals surface area contributed by atoms with Gasteiger partial charge in [0, 0.05) is 20.6 Å². The first-order valence-corrected chi connectivity index (χ1v) is 6.28. The van der Waals surface area contributed by atoms with Crippen molar-refractivity contribution in [3.05, 3.63) is 35.9 Å². The minimum absolute atomic E-state index is 0.0717. The van der Waals surface area contributed by atoms with E-state index in [-0.39, 0.29) is 11.9 Å². The molecule has 1 N–H and O–H groups in total. The van der Waals surface area contributed by atoms with E-state index in [9.17, 15) is 9.90 Å². The summed E-state index contributed by atoms with van der Waals surface area (Å²) < 4.78 is 0. The molecule has 0 bridgehead atoms. The number of hydrogen-bond donors (Lipinski definition) is 1. The smallest absolute Gasteiger partial charge is 0.239 e. The first-order valence-electron chi connectivity index (χ1n) is 6.28. The summed E-state index contributed by atoms with van der Waals surface area (Å²) in [7, 11) is 3.52. The van der Waals surface area contributed by atoms with Gasteiger partial charge in [0.05, 0.1) is 6.04 Å². The quantitative estimate of drug-likeness (QED) is 0.870. The van der Waals surface area contributed by atoms with Gasteiger partial charge in [0.15, 0.2) is 0 Å². The Labute approximate surface area is 108 Å². The molecule has 4 heteroatoms. The Bertz CT molecular complexity index is 406. The molecule has 1 saturated heterocycles. The van der Waals surface area contributed by atoms with Gasteiger partial charge in [-0.2, -0.15) is 0 Å². The van der Waals surface area contributed by atoms with E-state index in [0.29, 0.717) is 13.0 Å². The number of amides is 1. The average Bonchev–Trinajstić information content (AvgIpc) is 2.71. The summed E-state index contributed by atoms with van der Waals surface area (Å²) in [6, 6.07) is 9.74. The third kappa shape index (κ3) is 2.71. The van der Waals surface area contributed by atoms with Crippen molar-refractivity contribution in [1.29, 1.82) is 0 Å². The van der Waals surface area contributed by atoms with Gasteiger partial charge in [-0.25, -0.2) is 0 Å². The number of likely N-dealkylation sites (N-methyl/N-ethyl adjacent to an activating group) is 1. The molecule has 0 radical (unpaired) electrons. The van der Waals surface area contributed by atoms with Crippen LogP contribution in [-0.2, 0) is 11.3 Å². The number of carbonyl (C=O) groups excluding carboxylic acids is 1. The molecule has 18 heavy (non-hydrogen) atoms. The lowest BCUT2D eigenvalue weighted by molar-refractivity contribution is -0.136. The molecule has 1 heterocycles. The van der Waals surface area contributed by atoms with E-state index < -0.39 is 6.23 Å². The minimum atomic E-state index is -0.515. The van der Waals surface area contributed by atoms with E-state index >= 15 is 0 Å². The number of aliphatic hydroxyl groups is 1. The normalized spacial score (nSPS) is 24.2. The number of carbonyl (C=O) groups is 1. The van der Waals surface area contributed by atoms with Gasteiger partial charge in [-0.15, -0.1) is 0 Å².